The van der Waals surface area contributed by atoms with E-state index in [2.05, 4.69) is 62.4 Å². The molecule has 146 valence electrons. The zero-order chi connectivity index (χ0) is 19.3. The highest BCUT2D eigenvalue weighted by atomic mass is 16.5. The quantitative estimate of drug-likeness (QED) is 0.686. The molecule has 0 bridgehead atoms. The number of aromatic nitrogens is 4. The van der Waals surface area contributed by atoms with Gasteiger partial charge < -0.3 is 15.4 Å². The predicted octanol–water partition coefficient (Wildman–Crippen LogP) is 2.47. The van der Waals surface area contributed by atoms with Gasteiger partial charge in [0.25, 0.3) is 0 Å². The standard InChI is InChI=1S/C21H26N6O/c1-27-25-21(24-26-27)16-10-11-19(28-2)17(13-16)14-23-18-9-6-12-22-20(18)15-7-4-3-5-8-15/h3-5,7-8,10-11,13,18,20,22-23H,6,9,12,14H2,1-2H3/t18-,20-/m1/s1. The lowest BCUT2D eigenvalue weighted by Gasteiger charge is -2.34. The van der Waals surface area contributed by atoms with Gasteiger partial charge in [0.05, 0.1) is 14.2 Å². The van der Waals surface area contributed by atoms with E-state index in [-0.39, 0.29) is 0 Å². The van der Waals surface area contributed by atoms with E-state index in [9.17, 15) is 0 Å². The van der Waals surface area contributed by atoms with Gasteiger partial charge in [0, 0.05) is 29.8 Å². The Hall–Kier alpha value is -2.77. The van der Waals surface area contributed by atoms with Gasteiger partial charge in [0.2, 0.25) is 5.82 Å². The number of piperidine rings is 1. The summed E-state index contributed by atoms with van der Waals surface area (Å²) in [6, 6.07) is 17.3. The topological polar surface area (TPSA) is 76.9 Å². The summed E-state index contributed by atoms with van der Waals surface area (Å²) in [6.07, 6.45) is 2.31. The lowest BCUT2D eigenvalue weighted by molar-refractivity contribution is 0.303. The second-order valence-electron chi connectivity index (χ2n) is 7.10. The van der Waals surface area contributed by atoms with Gasteiger partial charge >= 0.3 is 0 Å². The van der Waals surface area contributed by atoms with Gasteiger partial charge in [-0.25, -0.2) is 0 Å². The second kappa shape index (κ2) is 8.50. The van der Waals surface area contributed by atoms with Gasteiger partial charge in [-0.15, -0.1) is 10.2 Å². The van der Waals surface area contributed by atoms with Crippen LogP contribution in [0.1, 0.15) is 30.0 Å². The molecular weight excluding hydrogens is 352 g/mol. The Kier molecular flexibility index (Phi) is 5.64. The third-order valence-corrected chi connectivity index (χ3v) is 5.22. The van der Waals surface area contributed by atoms with E-state index in [1.165, 1.54) is 16.8 Å². The number of hydrogen-bond acceptors (Lipinski definition) is 6. The Morgan fingerprint density at radius 2 is 2.07 bits per heavy atom. The minimum Gasteiger partial charge on any atom is -0.496 e. The average Bonchev–Trinajstić information content (AvgIpc) is 3.19. The Labute approximate surface area is 165 Å². The van der Waals surface area contributed by atoms with Gasteiger partial charge in [-0.1, -0.05) is 30.3 Å². The zero-order valence-corrected chi connectivity index (χ0v) is 16.3. The second-order valence-corrected chi connectivity index (χ2v) is 7.10. The van der Waals surface area contributed by atoms with E-state index in [1.54, 1.807) is 14.2 Å². The van der Waals surface area contributed by atoms with Crippen molar-refractivity contribution in [2.75, 3.05) is 13.7 Å². The van der Waals surface area contributed by atoms with Crippen LogP contribution in [-0.4, -0.2) is 39.9 Å². The average molecular weight is 378 g/mol. The van der Waals surface area contributed by atoms with Crippen LogP contribution in [0.4, 0.5) is 0 Å². The molecule has 4 rings (SSSR count). The third-order valence-electron chi connectivity index (χ3n) is 5.22. The Morgan fingerprint density at radius 3 is 2.82 bits per heavy atom. The molecule has 7 nitrogen and oxygen atoms in total. The first kappa shape index (κ1) is 18.6. The maximum Gasteiger partial charge on any atom is 0.204 e. The fourth-order valence-electron chi connectivity index (χ4n) is 3.82. The fourth-order valence-corrected chi connectivity index (χ4v) is 3.82. The molecule has 3 aromatic rings. The van der Waals surface area contributed by atoms with Crippen molar-refractivity contribution in [2.45, 2.75) is 31.5 Å². The summed E-state index contributed by atoms with van der Waals surface area (Å²) in [5.74, 6) is 1.48. The first-order valence-corrected chi connectivity index (χ1v) is 9.67. The maximum absolute atomic E-state index is 5.58. The molecule has 0 spiro atoms. The van der Waals surface area contributed by atoms with Crippen LogP contribution in [0.2, 0.25) is 0 Å². The molecule has 2 N–H and O–H groups in total. The summed E-state index contributed by atoms with van der Waals surface area (Å²) >= 11 is 0. The van der Waals surface area contributed by atoms with Crippen LogP contribution in [0.15, 0.2) is 48.5 Å². The lowest BCUT2D eigenvalue weighted by atomic mass is 9.92. The normalized spacial score (nSPS) is 19.5. The summed E-state index contributed by atoms with van der Waals surface area (Å²) in [4.78, 5) is 1.47. The van der Waals surface area contributed by atoms with Crippen LogP contribution in [0.5, 0.6) is 5.75 Å². The summed E-state index contributed by atoms with van der Waals surface area (Å²) in [5, 5.41) is 19.8. The van der Waals surface area contributed by atoms with Crippen LogP contribution in [0.3, 0.4) is 0 Å². The van der Waals surface area contributed by atoms with Crippen LogP contribution < -0.4 is 15.4 Å². The molecular formula is C21H26N6O. The molecule has 2 atom stereocenters. The monoisotopic (exact) mass is 378 g/mol. The van der Waals surface area contributed by atoms with Crippen molar-refractivity contribution in [3.8, 4) is 17.1 Å². The summed E-state index contributed by atoms with van der Waals surface area (Å²) in [7, 11) is 3.47. The molecule has 1 aliphatic heterocycles. The van der Waals surface area contributed by atoms with Crippen LogP contribution >= 0.6 is 0 Å². The van der Waals surface area contributed by atoms with Gasteiger partial charge in [-0.2, -0.15) is 4.80 Å². The third kappa shape index (κ3) is 4.05. The van der Waals surface area contributed by atoms with Gasteiger partial charge in [-0.3, -0.25) is 0 Å². The van der Waals surface area contributed by atoms with Crippen LogP contribution in [0, 0.1) is 0 Å². The van der Waals surface area contributed by atoms with Crippen molar-refractivity contribution in [1.29, 1.82) is 0 Å². The summed E-state index contributed by atoms with van der Waals surface area (Å²) < 4.78 is 5.58. The highest BCUT2D eigenvalue weighted by Gasteiger charge is 2.25. The molecule has 0 radical (unpaired) electrons. The van der Waals surface area contributed by atoms with Gasteiger partial charge in [0.1, 0.15) is 5.75 Å². The molecule has 1 saturated heterocycles. The van der Waals surface area contributed by atoms with Crippen molar-refractivity contribution >= 4 is 0 Å². The number of aryl methyl sites for hydroxylation is 1. The number of methoxy groups -OCH3 is 1. The van der Waals surface area contributed by atoms with Crippen LogP contribution in [-0.2, 0) is 13.6 Å². The van der Waals surface area contributed by atoms with Gasteiger partial charge in [0.15, 0.2) is 0 Å². The molecule has 2 aromatic carbocycles. The van der Waals surface area contributed by atoms with E-state index < -0.39 is 0 Å². The molecule has 1 fully saturated rings. The molecule has 2 heterocycles. The smallest absolute Gasteiger partial charge is 0.204 e. The van der Waals surface area contributed by atoms with Crippen molar-refractivity contribution in [1.82, 2.24) is 30.8 Å². The number of hydrogen-bond donors (Lipinski definition) is 2. The van der Waals surface area contributed by atoms with E-state index in [0.717, 1.165) is 29.8 Å². The minimum atomic E-state index is 0.311. The van der Waals surface area contributed by atoms with E-state index in [4.69, 9.17) is 4.74 Å². The number of nitrogens with zero attached hydrogens (tertiary/aromatic N) is 4. The molecule has 28 heavy (non-hydrogen) atoms. The predicted molar refractivity (Wildman–Crippen MR) is 108 cm³/mol. The molecule has 7 heteroatoms. The SMILES string of the molecule is COc1ccc(-c2nnn(C)n2)cc1CN[C@@H]1CCCN[C@@H]1c1ccccc1. The molecule has 0 aliphatic carbocycles. The van der Waals surface area contributed by atoms with Crippen molar-refractivity contribution in [3.05, 3.63) is 59.7 Å². The Bertz CT molecular complexity index is 910. The molecule has 1 aromatic heterocycles. The van der Waals surface area contributed by atoms with Gasteiger partial charge in [-0.05, 0) is 48.4 Å². The molecule has 0 unspecified atom stereocenters. The Morgan fingerprint density at radius 1 is 1.21 bits per heavy atom. The summed E-state index contributed by atoms with van der Waals surface area (Å²) in [5.41, 5.74) is 3.35. The summed E-state index contributed by atoms with van der Waals surface area (Å²) in [6.45, 7) is 1.77. The molecule has 1 aliphatic rings. The number of ether oxygens (including phenoxy) is 1. The largest absolute Gasteiger partial charge is 0.496 e. The van der Waals surface area contributed by atoms with Crippen molar-refractivity contribution in [2.24, 2.45) is 7.05 Å². The zero-order valence-electron chi connectivity index (χ0n) is 16.3. The maximum atomic E-state index is 5.58. The number of tetrazole rings is 1. The van der Waals surface area contributed by atoms with Crippen molar-refractivity contribution in [3.63, 3.8) is 0 Å². The van der Waals surface area contributed by atoms with E-state index in [0.29, 0.717) is 24.5 Å². The molecule has 0 amide bonds. The van der Waals surface area contributed by atoms with Crippen molar-refractivity contribution < 1.29 is 4.74 Å². The first-order chi connectivity index (χ1) is 13.7. The van der Waals surface area contributed by atoms with E-state index in [1.807, 2.05) is 12.1 Å². The highest BCUT2D eigenvalue weighted by molar-refractivity contribution is 5.58. The fraction of sp³-hybridized carbons (Fsp3) is 0.381. The number of nitrogens with one attached hydrogen (secondary N) is 2. The highest BCUT2D eigenvalue weighted by Crippen LogP contribution is 2.27. The molecule has 0 saturated carbocycles. The lowest BCUT2D eigenvalue weighted by Crippen LogP contribution is -2.45. The van der Waals surface area contributed by atoms with E-state index >= 15 is 0 Å². The van der Waals surface area contributed by atoms with Crippen LogP contribution in [0.25, 0.3) is 11.4 Å². The Balaban J connectivity index is 1.53. The minimum absolute atomic E-state index is 0.311. The number of rotatable bonds is 6. The first-order valence-electron chi connectivity index (χ1n) is 9.67. The number of benzene rings is 2.